The highest BCUT2D eigenvalue weighted by molar-refractivity contribution is 5.82. The van der Waals surface area contributed by atoms with E-state index in [2.05, 4.69) is 15.2 Å². The molecule has 1 atom stereocenters. The van der Waals surface area contributed by atoms with Gasteiger partial charge < -0.3 is 10.0 Å². The van der Waals surface area contributed by atoms with Crippen LogP contribution in [0.1, 0.15) is 76.9 Å². The summed E-state index contributed by atoms with van der Waals surface area (Å²) in [5, 5.41) is 18.3. The van der Waals surface area contributed by atoms with E-state index in [-0.39, 0.29) is 6.04 Å². The number of hydrogen-bond donors (Lipinski definition) is 1. The fourth-order valence-electron chi connectivity index (χ4n) is 4.81. The van der Waals surface area contributed by atoms with E-state index in [9.17, 15) is 9.90 Å². The second kappa shape index (κ2) is 6.08. The molecular weight excluding hydrogens is 316 g/mol. The lowest BCUT2D eigenvalue weighted by atomic mass is 9.84. The summed E-state index contributed by atoms with van der Waals surface area (Å²) in [5.41, 5.74) is 0.0118. The van der Waals surface area contributed by atoms with Crippen LogP contribution in [0.4, 0.5) is 0 Å². The lowest BCUT2D eigenvalue weighted by Gasteiger charge is -2.33. The summed E-state index contributed by atoms with van der Waals surface area (Å²) in [6.07, 6.45) is 11.3. The fraction of sp³-hybridized carbons (Fsp3) is 0.842. The van der Waals surface area contributed by atoms with Gasteiger partial charge in [-0.05, 0) is 51.4 Å². The Balaban J connectivity index is 1.33. The maximum atomic E-state index is 12.9. The average Bonchev–Trinajstić information content (AvgIpc) is 3.06. The van der Waals surface area contributed by atoms with E-state index in [0.29, 0.717) is 22.9 Å². The van der Waals surface area contributed by atoms with Crippen molar-refractivity contribution in [2.45, 2.75) is 76.9 Å². The Morgan fingerprint density at radius 2 is 1.92 bits per heavy atom. The predicted octanol–water partition coefficient (Wildman–Crippen LogP) is 2.64. The number of nitrogens with zero attached hydrogens (tertiary/aromatic N) is 4. The van der Waals surface area contributed by atoms with Gasteiger partial charge in [0, 0.05) is 19.0 Å². The number of likely N-dealkylation sites (tertiary alicyclic amines) is 1. The Hall–Kier alpha value is -1.43. The van der Waals surface area contributed by atoms with Gasteiger partial charge in [0.05, 0.1) is 12.2 Å². The third kappa shape index (κ3) is 3.21. The van der Waals surface area contributed by atoms with Crippen molar-refractivity contribution in [3.63, 3.8) is 0 Å². The molecule has 1 aromatic rings. The van der Waals surface area contributed by atoms with Crippen molar-refractivity contribution in [1.82, 2.24) is 19.9 Å². The lowest BCUT2D eigenvalue weighted by Crippen LogP contribution is -2.41. The molecule has 138 valence electrons. The number of carbonyl (C=O) groups is 1. The van der Waals surface area contributed by atoms with Crippen molar-refractivity contribution in [3.8, 4) is 0 Å². The smallest absolute Gasteiger partial charge is 0.226 e. The predicted molar refractivity (Wildman–Crippen MR) is 93.7 cm³/mol. The largest absolute Gasteiger partial charge is 0.384 e. The van der Waals surface area contributed by atoms with Gasteiger partial charge in [-0.3, -0.25) is 4.79 Å². The van der Waals surface area contributed by atoms with Crippen molar-refractivity contribution in [3.05, 3.63) is 11.9 Å². The minimum atomic E-state index is -0.963. The zero-order valence-corrected chi connectivity index (χ0v) is 15.4. The maximum Gasteiger partial charge on any atom is 0.226 e. The molecule has 25 heavy (non-hydrogen) atoms. The van der Waals surface area contributed by atoms with Crippen molar-refractivity contribution >= 4 is 5.91 Å². The average molecular weight is 346 g/mol. The van der Waals surface area contributed by atoms with Crippen molar-refractivity contribution in [2.75, 3.05) is 13.1 Å². The number of amides is 1. The van der Waals surface area contributed by atoms with E-state index < -0.39 is 5.60 Å². The van der Waals surface area contributed by atoms with Crippen molar-refractivity contribution in [1.29, 1.82) is 0 Å². The number of hydrogen-bond acceptors (Lipinski definition) is 4. The molecule has 2 saturated carbocycles. The first-order chi connectivity index (χ1) is 11.9. The monoisotopic (exact) mass is 346 g/mol. The highest BCUT2D eigenvalue weighted by Crippen LogP contribution is 2.62. The van der Waals surface area contributed by atoms with Crippen LogP contribution >= 0.6 is 0 Å². The standard InChI is InChI=1S/C19H30N4O2/c1-18(2,25)16-13-23(21-20-16)14-6-10-22(11-7-14)17(24)15-12-19(15)8-4-3-5-9-19/h13-15,25H,3-12H2,1-2H3/t15-/m1/s1. The third-order valence-electron chi connectivity index (χ3n) is 6.62. The second-order valence-electron chi connectivity index (χ2n) is 8.88. The van der Waals surface area contributed by atoms with Gasteiger partial charge in [0.2, 0.25) is 5.91 Å². The zero-order valence-electron chi connectivity index (χ0n) is 15.4. The molecule has 6 heteroatoms. The number of piperidine rings is 1. The molecule has 0 unspecified atom stereocenters. The number of carbonyl (C=O) groups excluding carboxylic acids is 1. The number of aromatic nitrogens is 3. The minimum Gasteiger partial charge on any atom is -0.384 e. The first kappa shape index (κ1) is 17.0. The molecule has 2 aliphatic carbocycles. The van der Waals surface area contributed by atoms with E-state index in [0.717, 1.165) is 32.4 Å². The second-order valence-corrected chi connectivity index (χ2v) is 8.88. The summed E-state index contributed by atoms with van der Waals surface area (Å²) < 4.78 is 1.87. The third-order valence-corrected chi connectivity index (χ3v) is 6.62. The van der Waals surface area contributed by atoms with Crippen LogP contribution in [0, 0.1) is 11.3 Å². The van der Waals surface area contributed by atoms with Gasteiger partial charge in [0.1, 0.15) is 11.3 Å². The quantitative estimate of drug-likeness (QED) is 0.913. The molecule has 0 radical (unpaired) electrons. The molecule has 1 amide bonds. The lowest BCUT2D eigenvalue weighted by molar-refractivity contribution is -0.135. The van der Waals surface area contributed by atoms with Gasteiger partial charge in [-0.2, -0.15) is 0 Å². The SMILES string of the molecule is CC(C)(O)c1cn(C2CCN(C(=O)[C@H]3CC34CCCCC4)CC2)nn1. The minimum absolute atomic E-state index is 0.274. The molecule has 4 rings (SSSR count). The van der Waals surface area contributed by atoms with Gasteiger partial charge >= 0.3 is 0 Å². The van der Waals surface area contributed by atoms with Gasteiger partial charge in [0.15, 0.2) is 0 Å². The molecule has 0 bridgehead atoms. The van der Waals surface area contributed by atoms with Gasteiger partial charge in [0.25, 0.3) is 0 Å². The van der Waals surface area contributed by atoms with Gasteiger partial charge in [-0.15, -0.1) is 5.10 Å². The molecule has 3 aliphatic rings. The molecule has 1 aromatic heterocycles. The molecule has 1 saturated heterocycles. The molecule has 0 aromatic carbocycles. The van der Waals surface area contributed by atoms with Crippen LogP contribution in [0.2, 0.25) is 0 Å². The van der Waals surface area contributed by atoms with Crippen LogP contribution < -0.4 is 0 Å². The highest BCUT2D eigenvalue weighted by Gasteiger charge is 2.58. The molecule has 6 nitrogen and oxygen atoms in total. The Labute approximate surface area is 149 Å². The summed E-state index contributed by atoms with van der Waals surface area (Å²) in [7, 11) is 0. The first-order valence-electron chi connectivity index (χ1n) is 9.83. The Morgan fingerprint density at radius 3 is 2.52 bits per heavy atom. The first-order valence-corrected chi connectivity index (χ1v) is 9.83. The number of rotatable bonds is 3. The Kier molecular flexibility index (Phi) is 4.13. The van der Waals surface area contributed by atoms with Crippen LogP contribution in [0.15, 0.2) is 6.20 Å². The van der Waals surface area contributed by atoms with Crippen LogP contribution in [0.3, 0.4) is 0 Å². The molecule has 1 spiro atoms. The van der Waals surface area contributed by atoms with Crippen LogP contribution in [-0.2, 0) is 10.4 Å². The van der Waals surface area contributed by atoms with Crippen molar-refractivity contribution in [2.24, 2.45) is 11.3 Å². The van der Waals surface area contributed by atoms with E-state index in [1.165, 1.54) is 32.1 Å². The summed E-state index contributed by atoms with van der Waals surface area (Å²) >= 11 is 0. The summed E-state index contributed by atoms with van der Waals surface area (Å²) in [4.78, 5) is 15.0. The molecular formula is C19H30N4O2. The van der Waals surface area contributed by atoms with Crippen LogP contribution in [0.5, 0.6) is 0 Å². The van der Waals surface area contributed by atoms with E-state index in [1.54, 1.807) is 13.8 Å². The molecule has 2 heterocycles. The number of aliphatic hydroxyl groups is 1. The van der Waals surface area contributed by atoms with Crippen molar-refractivity contribution < 1.29 is 9.90 Å². The summed E-state index contributed by atoms with van der Waals surface area (Å²) in [6, 6.07) is 0.274. The topological polar surface area (TPSA) is 71.2 Å². The zero-order chi connectivity index (χ0) is 17.7. The fourth-order valence-corrected chi connectivity index (χ4v) is 4.81. The maximum absolute atomic E-state index is 12.9. The summed E-state index contributed by atoms with van der Waals surface area (Å²) in [6.45, 7) is 5.07. The van der Waals surface area contributed by atoms with E-state index in [4.69, 9.17) is 0 Å². The van der Waals surface area contributed by atoms with Crippen LogP contribution in [0.25, 0.3) is 0 Å². The molecule has 1 N–H and O–H groups in total. The summed E-state index contributed by atoms with van der Waals surface area (Å²) in [5.74, 6) is 0.702. The van der Waals surface area contributed by atoms with E-state index >= 15 is 0 Å². The molecule has 1 aliphatic heterocycles. The Bertz CT molecular complexity index is 634. The van der Waals surface area contributed by atoms with Crippen LogP contribution in [-0.4, -0.2) is 44.0 Å². The Morgan fingerprint density at radius 1 is 1.24 bits per heavy atom. The normalized spacial score (nSPS) is 26.8. The molecule has 3 fully saturated rings. The highest BCUT2D eigenvalue weighted by atomic mass is 16.3. The van der Waals surface area contributed by atoms with Gasteiger partial charge in [-0.25, -0.2) is 4.68 Å². The van der Waals surface area contributed by atoms with E-state index in [1.807, 2.05) is 10.9 Å². The van der Waals surface area contributed by atoms with Gasteiger partial charge in [-0.1, -0.05) is 24.5 Å².